The Bertz CT molecular complexity index is 629. The summed E-state index contributed by atoms with van der Waals surface area (Å²) in [6.45, 7) is 2.83. The Morgan fingerprint density at radius 3 is 2.60 bits per heavy atom. The average molecular weight is 320 g/mol. The van der Waals surface area contributed by atoms with Crippen LogP contribution in [0.1, 0.15) is 30.1 Å². The lowest BCUT2D eigenvalue weighted by Crippen LogP contribution is -2.33. The van der Waals surface area contributed by atoms with Crippen molar-refractivity contribution in [2.45, 2.75) is 24.7 Å². The van der Waals surface area contributed by atoms with E-state index in [9.17, 15) is 17.6 Å². The molecule has 1 aromatic rings. The zero-order chi connectivity index (χ0) is 14.9. The minimum atomic E-state index is -3.98. The largest absolute Gasteiger partial charge is 0.339 e. The second-order valence-corrected chi connectivity index (χ2v) is 7.43. The number of nitrogens with zero attached hydrogens (tertiary/aromatic N) is 1. The first-order chi connectivity index (χ1) is 9.32. The molecule has 1 saturated carbocycles. The third-order valence-corrected chi connectivity index (χ3v) is 4.65. The maximum atomic E-state index is 13.8. The van der Waals surface area contributed by atoms with Crippen molar-refractivity contribution < 1.29 is 17.6 Å². The van der Waals surface area contributed by atoms with E-state index in [1.807, 2.05) is 0 Å². The van der Waals surface area contributed by atoms with E-state index in [-0.39, 0.29) is 10.5 Å². The van der Waals surface area contributed by atoms with Crippen molar-refractivity contribution in [2.24, 2.45) is 5.92 Å². The summed E-state index contributed by atoms with van der Waals surface area (Å²) >= 11 is 0. The van der Waals surface area contributed by atoms with Crippen molar-refractivity contribution in [2.75, 3.05) is 13.1 Å². The minimum Gasteiger partial charge on any atom is -0.339 e. The molecule has 0 N–H and O–H groups in total. The summed E-state index contributed by atoms with van der Waals surface area (Å²) in [6, 6.07) is 2.99. The monoisotopic (exact) mass is 319 g/mol. The summed E-state index contributed by atoms with van der Waals surface area (Å²) in [6.07, 6.45) is 2.14. The standard InChI is InChI=1S/C13H15ClFNO3S/c1-2-16(8-9-3-4-9)13(17)11-7-10(20(14,18)19)5-6-12(11)15/h5-7,9H,2-4,8H2,1H3. The van der Waals surface area contributed by atoms with Crippen molar-refractivity contribution in [3.8, 4) is 0 Å². The molecular formula is C13H15ClFNO3S. The molecule has 0 saturated heterocycles. The fraction of sp³-hybridized carbons (Fsp3) is 0.462. The van der Waals surface area contributed by atoms with Crippen molar-refractivity contribution in [1.29, 1.82) is 0 Å². The highest BCUT2D eigenvalue weighted by Crippen LogP contribution is 2.30. The van der Waals surface area contributed by atoms with E-state index in [2.05, 4.69) is 0 Å². The van der Waals surface area contributed by atoms with Gasteiger partial charge < -0.3 is 4.90 Å². The van der Waals surface area contributed by atoms with Crippen LogP contribution in [0.2, 0.25) is 0 Å². The summed E-state index contributed by atoms with van der Waals surface area (Å²) in [7, 11) is 1.24. The van der Waals surface area contributed by atoms with Crippen molar-refractivity contribution >= 4 is 25.6 Å². The molecule has 2 rings (SSSR count). The molecular weight excluding hydrogens is 305 g/mol. The molecule has 0 aliphatic heterocycles. The summed E-state index contributed by atoms with van der Waals surface area (Å²) in [5.41, 5.74) is -0.255. The molecule has 0 heterocycles. The topological polar surface area (TPSA) is 54.5 Å². The highest BCUT2D eigenvalue weighted by atomic mass is 35.7. The molecule has 1 fully saturated rings. The highest BCUT2D eigenvalue weighted by molar-refractivity contribution is 8.13. The lowest BCUT2D eigenvalue weighted by Gasteiger charge is -2.21. The van der Waals surface area contributed by atoms with Crippen molar-refractivity contribution in [3.05, 3.63) is 29.6 Å². The van der Waals surface area contributed by atoms with Crippen molar-refractivity contribution in [3.63, 3.8) is 0 Å². The van der Waals surface area contributed by atoms with E-state index in [0.29, 0.717) is 19.0 Å². The summed E-state index contributed by atoms with van der Waals surface area (Å²) in [4.78, 5) is 13.5. The predicted molar refractivity (Wildman–Crippen MR) is 73.7 cm³/mol. The summed E-state index contributed by atoms with van der Waals surface area (Å²) in [5, 5.41) is 0. The van der Waals surface area contributed by atoms with Gasteiger partial charge in [-0.05, 0) is 43.9 Å². The number of amides is 1. The van der Waals surface area contributed by atoms with Crippen molar-refractivity contribution in [1.82, 2.24) is 4.90 Å². The van der Waals surface area contributed by atoms with Gasteiger partial charge in [0.25, 0.3) is 15.0 Å². The number of benzene rings is 1. The summed E-state index contributed by atoms with van der Waals surface area (Å²) in [5.74, 6) is -0.769. The zero-order valence-corrected chi connectivity index (χ0v) is 12.5. The van der Waals surface area contributed by atoms with Crippen LogP contribution < -0.4 is 0 Å². The van der Waals surface area contributed by atoms with Crippen LogP contribution in [0, 0.1) is 11.7 Å². The molecule has 0 bridgehead atoms. The van der Waals surface area contributed by atoms with Gasteiger partial charge in [-0.2, -0.15) is 0 Å². The first kappa shape index (κ1) is 15.3. The Morgan fingerprint density at radius 1 is 1.45 bits per heavy atom. The SMILES string of the molecule is CCN(CC1CC1)C(=O)c1cc(S(=O)(=O)Cl)ccc1F. The lowest BCUT2D eigenvalue weighted by atomic mass is 10.1. The van der Waals surface area contributed by atoms with E-state index < -0.39 is 20.8 Å². The fourth-order valence-corrected chi connectivity index (χ4v) is 2.74. The molecule has 1 aromatic carbocycles. The Morgan fingerprint density at radius 2 is 2.10 bits per heavy atom. The van der Waals surface area contributed by atoms with Gasteiger partial charge in [-0.1, -0.05) is 0 Å². The normalized spacial score (nSPS) is 15.2. The first-order valence-corrected chi connectivity index (χ1v) is 8.67. The predicted octanol–water partition coefficient (Wildman–Crippen LogP) is 2.63. The van der Waals surface area contributed by atoms with Gasteiger partial charge in [0.05, 0.1) is 10.5 Å². The zero-order valence-electron chi connectivity index (χ0n) is 11.0. The molecule has 0 radical (unpaired) electrons. The number of halogens is 2. The van der Waals surface area contributed by atoms with E-state index in [4.69, 9.17) is 10.7 Å². The van der Waals surface area contributed by atoms with Crippen LogP contribution in [0.4, 0.5) is 4.39 Å². The molecule has 0 unspecified atom stereocenters. The third-order valence-electron chi connectivity index (χ3n) is 3.29. The maximum absolute atomic E-state index is 13.8. The van der Waals surface area contributed by atoms with Gasteiger partial charge >= 0.3 is 0 Å². The smallest absolute Gasteiger partial charge is 0.261 e. The van der Waals surface area contributed by atoms with Gasteiger partial charge in [0.15, 0.2) is 0 Å². The van der Waals surface area contributed by atoms with Crippen LogP contribution in [-0.4, -0.2) is 32.3 Å². The molecule has 20 heavy (non-hydrogen) atoms. The second kappa shape index (κ2) is 5.69. The minimum absolute atomic E-state index is 0.255. The number of hydrogen-bond acceptors (Lipinski definition) is 3. The van der Waals surface area contributed by atoms with Crippen LogP contribution in [-0.2, 0) is 9.05 Å². The van der Waals surface area contributed by atoms with Crippen LogP contribution in [0.3, 0.4) is 0 Å². The molecule has 4 nitrogen and oxygen atoms in total. The van der Waals surface area contributed by atoms with Gasteiger partial charge in [-0.25, -0.2) is 12.8 Å². The number of carbonyl (C=O) groups is 1. The number of carbonyl (C=O) groups excluding carboxylic acids is 1. The van der Waals surface area contributed by atoms with Gasteiger partial charge in [0, 0.05) is 23.8 Å². The Kier molecular flexibility index (Phi) is 4.34. The molecule has 7 heteroatoms. The Balaban J connectivity index is 2.32. The first-order valence-electron chi connectivity index (χ1n) is 6.36. The second-order valence-electron chi connectivity index (χ2n) is 4.87. The maximum Gasteiger partial charge on any atom is 0.261 e. The molecule has 1 amide bonds. The summed E-state index contributed by atoms with van der Waals surface area (Å²) < 4.78 is 36.3. The van der Waals surface area contributed by atoms with Crippen LogP contribution in [0.15, 0.2) is 23.1 Å². The van der Waals surface area contributed by atoms with E-state index >= 15 is 0 Å². The van der Waals surface area contributed by atoms with Crippen LogP contribution in [0.25, 0.3) is 0 Å². The number of hydrogen-bond donors (Lipinski definition) is 0. The van der Waals surface area contributed by atoms with E-state index in [1.165, 1.54) is 4.90 Å². The van der Waals surface area contributed by atoms with E-state index in [1.54, 1.807) is 6.92 Å². The average Bonchev–Trinajstić information content (AvgIpc) is 3.18. The molecule has 0 spiro atoms. The molecule has 1 aliphatic carbocycles. The molecule has 0 atom stereocenters. The Hall–Kier alpha value is -1.14. The van der Waals surface area contributed by atoms with Gasteiger partial charge in [0.1, 0.15) is 5.82 Å². The van der Waals surface area contributed by atoms with E-state index in [0.717, 1.165) is 31.0 Å². The van der Waals surface area contributed by atoms with Crippen LogP contribution >= 0.6 is 10.7 Å². The third kappa shape index (κ3) is 3.49. The molecule has 110 valence electrons. The number of rotatable bonds is 5. The highest BCUT2D eigenvalue weighted by Gasteiger charge is 2.28. The van der Waals surface area contributed by atoms with Gasteiger partial charge in [0.2, 0.25) is 0 Å². The quantitative estimate of drug-likeness (QED) is 0.784. The Labute approximate surface area is 121 Å². The molecule has 0 aromatic heterocycles. The fourth-order valence-electron chi connectivity index (χ4n) is 1.96. The molecule has 1 aliphatic rings. The lowest BCUT2D eigenvalue weighted by molar-refractivity contribution is 0.0752. The van der Waals surface area contributed by atoms with Crippen LogP contribution in [0.5, 0.6) is 0 Å². The van der Waals surface area contributed by atoms with Gasteiger partial charge in [-0.3, -0.25) is 4.79 Å². The van der Waals surface area contributed by atoms with Gasteiger partial charge in [-0.15, -0.1) is 0 Å².